The van der Waals surface area contributed by atoms with E-state index in [0.717, 1.165) is 19.0 Å². The van der Waals surface area contributed by atoms with Crippen LogP contribution in [0.2, 0.25) is 0 Å². The van der Waals surface area contributed by atoms with Crippen LogP contribution in [0, 0.1) is 11.8 Å². The SMILES string of the molecule is CCC1CCN(CC(=O)NC(C(C)=O)C(C)C)C1. The molecule has 1 aliphatic rings. The normalized spacial score (nSPS) is 22.2. The van der Waals surface area contributed by atoms with Gasteiger partial charge in [-0.25, -0.2) is 0 Å². The second kappa shape index (κ2) is 6.88. The van der Waals surface area contributed by atoms with Crippen LogP contribution in [-0.2, 0) is 9.59 Å². The van der Waals surface area contributed by atoms with Crippen LogP contribution in [0.3, 0.4) is 0 Å². The number of hydrogen-bond acceptors (Lipinski definition) is 3. The summed E-state index contributed by atoms with van der Waals surface area (Å²) in [4.78, 5) is 25.5. The summed E-state index contributed by atoms with van der Waals surface area (Å²) < 4.78 is 0. The van der Waals surface area contributed by atoms with E-state index in [2.05, 4.69) is 17.1 Å². The standard InChI is InChI=1S/C14H26N2O2/c1-5-12-6-7-16(8-12)9-13(18)15-14(10(2)3)11(4)17/h10,12,14H,5-9H2,1-4H3,(H,15,18). The van der Waals surface area contributed by atoms with Crippen molar-refractivity contribution in [3.63, 3.8) is 0 Å². The summed E-state index contributed by atoms with van der Waals surface area (Å²) >= 11 is 0. The molecule has 0 bridgehead atoms. The van der Waals surface area contributed by atoms with Gasteiger partial charge in [0.25, 0.3) is 0 Å². The van der Waals surface area contributed by atoms with Crippen molar-refractivity contribution in [2.45, 2.75) is 46.6 Å². The molecule has 104 valence electrons. The largest absolute Gasteiger partial charge is 0.345 e. The lowest BCUT2D eigenvalue weighted by Gasteiger charge is -2.22. The first-order valence-electron chi connectivity index (χ1n) is 6.96. The number of nitrogens with zero attached hydrogens (tertiary/aromatic N) is 1. The highest BCUT2D eigenvalue weighted by Gasteiger charge is 2.25. The lowest BCUT2D eigenvalue weighted by molar-refractivity contribution is -0.128. The molecule has 1 fully saturated rings. The molecule has 1 amide bonds. The minimum atomic E-state index is -0.345. The average Bonchev–Trinajstić information content (AvgIpc) is 2.72. The van der Waals surface area contributed by atoms with E-state index in [0.29, 0.717) is 6.54 Å². The molecule has 1 N–H and O–H groups in total. The summed E-state index contributed by atoms with van der Waals surface area (Å²) in [6, 6.07) is -0.345. The Morgan fingerprint density at radius 3 is 2.50 bits per heavy atom. The third-order valence-corrected chi connectivity index (χ3v) is 3.74. The molecule has 1 saturated heterocycles. The van der Waals surface area contributed by atoms with Crippen LogP contribution in [-0.4, -0.2) is 42.3 Å². The molecule has 0 spiro atoms. The summed E-state index contributed by atoms with van der Waals surface area (Å²) in [6.45, 7) is 10.1. The van der Waals surface area contributed by atoms with Crippen molar-refractivity contribution in [1.29, 1.82) is 0 Å². The summed E-state index contributed by atoms with van der Waals surface area (Å²) in [6.07, 6.45) is 2.37. The topological polar surface area (TPSA) is 49.4 Å². The number of Topliss-reactive ketones (excluding diaryl/α,β-unsaturated/α-hetero) is 1. The zero-order chi connectivity index (χ0) is 13.7. The van der Waals surface area contributed by atoms with Crippen LogP contribution in [0.4, 0.5) is 0 Å². The van der Waals surface area contributed by atoms with E-state index in [4.69, 9.17) is 0 Å². The van der Waals surface area contributed by atoms with Crippen LogP contribution in [0.1, 0.15) is 40.5 Å². The predicted octanol–water partition coefficient (Wildman–Crippen LogP) is 1.45. The fraction of sp³-hybridized carbons (Fsp3) is 0.857. The van der Waals surface area contributed by atoms with Crippen molar-refractivity contribution < 1.29 is 9.59 Å². The molecular weight excluding hydrogens is 228 g/mol. The average molecular weight is 254 g/mol. The van der Waals surface area contributed by atoms with Crippen molar-refractivity contribution in [3.05, 3.63) is 0 Å². The Balaban J connectivity index is 2.39. The van der Waals surface area contributed by atoms with Gasteiger partial charge in [-0.05, 0) is 31.7 Å². The third kappa shape index (κ3) is 4.41. The Labute approximate surface area is 110 Å². The molecule has 0 aromatic heterocycles. The minimum absolute atomic E-state index is 0.0272. The molecule has 0 aromatic carbocycles. The van der Waals surface area contributed by atoms with E-state index in [9.17, 15) is 9.59 Å². The van der Waals surface area contributed by atoms with Gasteiger partial charge in [0.05, 0.1) is 12.6 Å². The zero-order valence-corrected chi connectivity index (χ0v) is 12.0. The second-order valence-corrected chi connectivity index (χ2v) is 5.70. The second-order valence-electron chi connectivity index (χ2n) is 5.70. The molecule has 1 rings (SSSR count). The summed E-state index contributed by atoms with van der Waals surface area (Å²) in [5.74, 6) is 0.881. The van der Waals surface area contributed by atoms with Gasteiger partial charge in [0, 0.05) is 6.54 Å². The number of nitrogens with one attached hydrogen (secondary N) is 1. The Morgan fingerprint density at radius 1 is 1.39 bits per heavy atom. The number of carbonyl (C=O) groups is 2. The van der Waals surface area contributed by atoms with Gasteiger partial charge in [-0.2, -0.15) is 0 Å². The zero-order valence-electron chi connectivity index (χ0n) is 12.0. The Morgan fingerprint density at radius 2 is 2.06 bits per heavy atom. The van der Waals surface area contributed by atoms with Crippen molar-refractivity contribution in [2.24, 2.45) is 11.8 Å². The molecule has 18 heavy (non-hydrogen) atoms. The molecule has 4 heteroatoms. The first-order chi connectivity index (χ1) is 8.43. The molecule has 1 heterocycles. The van der Waals surface area contributed by atoms with Crippen LogP contribution in [0.25, 0.3) is 0 Å². The van der Waals surface area contributed by atoms with Crippen LogP contribution >= 0.6 is 0 Å². The fourth-order valence-electron chi connectivity index (χ4n) is 2.55. The maximum absolute atomic E-state index is 11.9. The molecule has 2 atom stereocenters. The molecule has 1 aliphatic heterocycles. The fourth-order valence-corrected chi connectivity index (χ4v) is 2.55. The van der Waals surface area contributed by atoms with Crippen LogP contribution in [0.5, 0.6) is 0 Å². The summed E-state index contributed by atoms with van der Waals surface area (Å²) in [7, 11) is 0. The monoisotopic (exact) mass is 254 g/mol. The van der Waals surface area contributed by atoms with Crippen molar-refractivity contribution in [2.75, 3.05) is 19.6 Å². The third-order valence-electron chi connectivity index (χ3n) is 3.74. The number of rotatable bonds is 6. The summed E-state index contributed by atoms with van der Waals surface area (Å²) in [5, 5.41) is 2.85. The molecule has 4 nitrogen and oxygen atoms in total. The Bertz CT molecular complexity index is 302. The first kappa shape index (κ1) is 15.2. The van der Waals surface area contributed by atoms with Gasteiger partial charge in [-0.3, -0.25) is 14.5 Å². The molecule has 0 aromatic rings. The number of amides is 1. The number of ketones is 1. The van der Waals surface area contributed by atoms with E-state index < -0.39 is 0 Å². The first-order valence-corrected chi connectivity index (χ1v) is 6.96. The van der Waals surface area contributed by atoms with E-state index in [1.54, 1.807) is 0 Å². The lowest BCUT2D eigenvalue weighted by Crippen LogP contribution is -2.47. The van der Waals surface area contributed by atoms with E-state index in [-0.39, 0.29) is 23.7 Å². The molecule has 0 saturated carbocycles. The number of hydrogen-bond donors (Lipinski definition) is 1. The highest BCUT2D eigenvalue weighted by atomic mass is 16.2. The highest BCUT2D eigenvalue weighted by Crippen LogP contribution is 2.18. The van der Waals surface area contributed by atoms with Gasteiger partial charge in [0.2, 0.25) is 5.91 Å². The number of carbonyl (C=O) groups excluding carboxylic acids is 2. The molecule has 2 unspecified atom stereocenters. The van der Waals surface area contributed by atoms with Crippen molar-refractivity contribution >= 4 is 11.7 Å². The van der Waals surface area contributed by atoms with Gasteiger partial charge >= 0.3 is 0 Å². The van der Waals surface area contributed by atoms with E-state index >= 15 is 0 Å². The maximum atomic E-state index is 11.9. The maximum Gasteiger partial charge on any atom is 0.234 e. The van der Waals surface area contributed by atoms with Gasteiger partial charge < -0.3 is 5.32 Å². The molecular formula is C14H26N2O2. The van der Waals surface area contributed by atoms with Gasteiger partial charge in [0.15, 0.2) is 5.78 Å². The smallest absolute Gasteiger partial charge is 0.234 e. The van der Waals surface area contributed by atoms with E-state index in [1.807, 2.05) is 13.8 Å². The molecule has 0 aliphatic carbocycles. The van der Waals surface area contributed by atoms with Gasteiger partial charge in [0.1, 0.15) is 0 Å². The minimum Gasteiger partial charge on any atom is -0.345 e. The van der Waals surface area contributed by atoms with Crippen molar-refractivity contribution in [1.82, 2.24) is 10.2 Å². The number of likely N-dealkylation sites (tertiary alicyclic amines) is 1. The predicted molar refractivity (Wildman–Crippen MR) is 72.3 cm³/mol. The van der Waals surface area contributed by atoms with E-state index in [1.165, 1.54) is 19.8 Å². The van der Waals surface area contributed by atoms with Crippen LogP contribution < -0.4 is 5.32 Å². The van der Waals surface area contributed by atoms with Crippen LogP contribution in [0.15, 0.2) is 0 Å². The summed E-state index contributed by atoms with van der Waals surface area (Å²) in [5.41, 5.74) is 0. The Kier molecular flexibility index (Phi) is 5.79. The van der Waals surface area contributed by atoms with Gasteiger partial charge in [-0.1, -0.05) is 27.2 Å². The highest BCUT2D eigenvalue weighted by molar-refractivity contribution is 5.88. The Hall–Kier alpha value is -0.900. The molecule has 0 radical (unpaired) electrons. The van der Waals surface area contributed by atoms with Crippen molar-refractivity contribution in [3.8, 4) is 0 Å². The lowest BCUT2D eigenvalue weighted by atomic mass is 10.0. The quantitative estimate of drug-likeness (QED) is 0.780. The van der Waals surface area contributed by atoms with Gasteiger partial charge in [-0.15, -0.1) is 0 Å².